The van der Waals surface area contributed by atoms with E-state index in [1.807, 2.05) is 6.92 Å². The van der Waals surface area contributed by atoms with Crippen LogP contribution < -0.4 is 5.59 Å². The Morgan fingerprint density at radius 2 is 2.11 bits per heavy atom. The van der Waals surface area contributed by atoms with E-state index in [2.05, 4.69) is 4.98 Å². The van der Waals surface area contributed by atoms with Crippen LogP contribution in [0.2, 0.25) is 0 Å². The van der Waals surface area contributed by atoms with Crippen molar-refractivity contribution < 1.29 is 10.0 Å². The number of H-pyrrole nitrogens is 1. The largest absolute Gasteiger partial charge is 0.505 e. The van der Waals surface area contributed by atoms with Crippen molar-refractivity contribution in [1.29, 1.82) is 0 Å². The minimum Gasteiger partial charge on any atom is -0.422 e. The molecule has 1 aromatic rings. The van der Waals surface area contributed by atoms with Gasteiger partial charge in [-0.15, -0.1) is 0 Å². The van der Waals surface area contributed by atoms with Gasteiger partial charge >= 0.3 is 7.12 Å². The van der Waals surface area contributed by atoms with E-state index < -0.39 is 7.12 Å². The Kier molecular flexibility index (Phi) is 1.59. The molecule has 0 unspecified atom stereocenters. The molecule has 4 heteroatoms. The summed E-state index contributed by atoms with van der Waals surface area (Å²) in [5, 5.41) is 17.1. The predicted molar refractivity (Wildman–Crippen MR) is 35.4 cm³/mol. The smallest absolute Gasteiger partial charge is 0.422 e. The Labute approximate surface area is 53.5 Å². The predicted octanol–water partition coefficient (Wildman–Crippen LogP) is -0.997. The molecule has 0 radical (unpaired) electrons. The molecule has 48 valence electrons. The summed E-state index contributed by atoms with van der Waals surface area (Å²) in [6, 6.07) is 3.43. The average Bonchev–Trinajstić information content (AvgIpc) is 2.14. The molecule has 1 aromatic heterocycles. The van der Waals surface area contributed by atoms with Crippen LogP contribution in [0.3, 0.4) is 0 Å². The fraction of sp³-hybridized carbons (Fsp3) is 0.200. The molecule has 0 aliphatic rings. The third kappa shape index (κ3) is 1.34. The number of hydrogen-bond acceptors (Lipinski definition) is 2. The quantitative estimate of drug-likeness (QED) is 0.421. The number of aromatic nitrogens is 1. The number of nitrogens with one attached hydrogen (secondary N) is 1. The average molecular weight is 125 g/mol. The fourth-order valence-electron chi connectivity index (χ4n) is 0.676. The maximum Gasteiger partial charge on any atom is 0.505 e. The molecular formula is C5H8BNO2. The summed E-state index contributed by atoms with van der Waals surface area (Å²) in [6.07, 6.45) is 0. The van der Waals surface area contributed by atoms with Gasteiger partial charge in [-0.3, -0.25) is 0 Å². The number of aromatic amines is 1. The van der Waals surface area contributed by atoms with Gasteiger partial charge in [0.05, 0.1) is 0 Å². The van der Waals surface area contributed by atoms with Gasteiger partial charge in [0.25, 0.3) is 0 Å². The van der Waals surface area contributed by atoms with Crippen LogP contribution in [0.15, 0.2) is 12.1 Å². The van der Waals surface area contributed by atoms with Crippen molar-refractivity contribution >= 4 is 12.7 Å². The standard InChI is InChI=1S/C5H8BNO2/c1-4-2-3-5(7-4)6(8)9/h2-3,7-9H,1H3. The summed E-state index contributed by atoms with van der Waals surface area (Å²) >= 11 is 0. The van der Waals surface area contributed by atoms with Gasteiger partial charge in [0, 0.05) is 11.3 Å². The molecule has 1 rings (SSSR count). The van der Waals surface area contributed by atoms with Crippen molar-refractivity contribution in [1.82, 2.24) is 4.98 Å². The number of hydrogen-bond donors (Lipinski definition) is 3. The van der Waals surface area contributed by atoms with Crippen LogP contribution in [-0.4, -0.2) is 22.2 Å². The second kappa shape index (κ2) is 2.25. The van der Waals surface area contributed by atoms with Crippen LogP contribution in [0.1, 0.15) is 5.69 Å². The lowest BCUT2D eigenvalue weighted by Gasteiger charge is -1.90. The van der Waals surface area contributed by atoms with Gasteiger partial charge in [-0.25, -0.2) is 0 Å². The second-order valence-corrected chi connectivity index (χ2v) is 1.97. The second-order valence-electron chi connectivity index (χ2n) is 1.97. The minimum atomic E-state index is -1.38. The van der Waals surface area contributed by atoms with Crippen LogP contribution in [-0.2, 0) is 0 Å². The van der Waals surface area contributed by atoms with E-state index in [1.54, 1.807) is 12.1 Å². The molecule has 0 spiro atoms. The monoisotopic (exact) mass is 125 g/mol. The van der Waals surface area contributed by atoms with Crippen LogP contribution in [0.5, 0.6) is 0 Å². The number of aryl methyl sites for hydroxylation is 1. The molecule has 0 aliphatic carbocycles. The first-order valence-electron chi connectivity index (χ1n) is 2.72. The first kappa shape index (κ1) is 6.39. The third-order valence-corrected chi connectivity index (χ3v) is 1.13. The molecule has 0 saturated carbocycles. The van der Waals surface area contributed by atoms with Gasteiger partial charge < -0.3 is 15.0 Å². The fourth-order valence-corrected chi connectivity index (χ4v) is 0.676. The molecule has 0 atom stereocenters. The van der Waals surface area contributed by atoms with Gasteiger partial charge in [0.2, 0.25) is 0 Å². The zero-order valence-corrected chi connectivity index (χ0v) is 5.13. The van der Waals surface area contributed by atoms with E-state index in [4.69, 9.17) is 10.0 Å². The molecule has 3 N–H and O–H groups in total. The Hall–Kier alpha value is -0.735. The van der Waals surface area contributed by atoms with Crippen LogP contribution in [0.4, 0.5) is 0 Å². The molecule has 1 heterocycles. The third-order valence-electron chi connectivity index (χ3n) is 1.13. The van der Waals surface area contributed by atoms with Crippen molar-refractivity contribution in [2.75, 3.05) is 0 Å². The lowest BCUT2D eigenvalue weighted by atomic mass is 9.87. The normalized spacial score (nSPS) is 9.67. The highest BCUT2D eigenvalue weighted by molar-refractivity contribution is 6.57. The highest BCUT2D eigenvalue weighted by Crippen LogP contribution is 1.87. The van der Waals surface area contributed by atoms with Crippen molar-refractivity contribution in [3.63, 3.8) is 0 Å². The summed E-state index contributed by atoms with van der Waals surface area (Å²) in [5.41, 5.74) is 1.37. The van der Waals surface area contributed by atoms with Gasteiger partial charge in [-0.1, -0.05) is 0 Å². The van der Waals surface area contributed by atoms with Crippen LogP contribution in [0, 0.1) is 6.92 Å². The zero-order chi connectivity index (χ0) is 6.85. The van der Waals surface area contributed by atoms with Crippen LogP contribution >= 0.6 is 0 Å². The molecule has 0 saturated heterocycles. The lowest BCUT2D eigenvalue weighted by molar-refractivity contribution is 0.424. The van der Waals surface area contributed by atoms with Gasteiger partial charge in [-0.2, -0.15) is 0 Å². The van der Waals surface area contributed by atoms with Crippen LogP contribution in [0.25, 0.3) is 0 Å². The summed E-state index contributed by atoms with van der Waals surface area (Å²) < 4.78 is 0. The molecular weight excluding hydrogens is 117 g/mol. The van der Waals surface area contributed by atoms with Gasteiger partial charge in [0.1, 0.15) is 0 Å². The first-order valence-corrected chi connectivity index (χ1v) is 2.72. The maximum atomic E-state index is 8.56. The SMILES string of the molecule is Cc1ccc(B(O)O)[nH]1. The number of rotatable bonds is 1. The summed E-state index contributed by atoms with van der Waals surface area (Å²) in [4.78, 5) is 2.78. The van der Waals surface area contributed by atoms with E-state index in [-0.39, 0.29) is 0 Å². The van der Waals surface area contributed by atoms with Gasteiger partial charge in [0.15, 0.2) is 0 Å². The highest BCUT2D eigenvalue weighted by Gasteiger charge is 2.10. The summed E-state index contributed by atoms with van der Waals surface area (Å²) in [5.74, 6) is 0. The highest BCUT2D eigenvalue weighted by atomic mass is 16.4. The van der Waals surface area contributed by atoms with Crippen molar-refractivity contribution in [3.8, 4) is 0 Å². The molecule has 0 aliphatic heterocycles. The minimum absolute atomic E-state index is 0.438. The lowest BCUT2D eigenvalue weighted by Crippen LogP contribution is -2.30. The molecule has 0 aromatic carbocycles. The molecule has 0 bridgehead atoms. The van der Waals surface area contributed by atoms with Crippen molar-refractivity contribution in [2.45, 2.75) is 6.92 Å². The molecule has 9 heavy (non-hydrogen) atoms. The van der Waals surface area contributed by atoms with E-state index in [9.17, 15) is 0 Å². The summed E-state index contributed by atoms with van der Waals surface area (Å²) in [7, 11) is -1.38. The molecule has 3 nitrogen and oxygen atoms in total. The van der Waals surface area contributed by atoms with E-state index in [0.29, 0.717) is 5.59 Å². The summed E-state index contributed by atoms with van der Waals surface area (Å²) in [6.45, 7) is 1.85. The Balaban J connectivity index is 2.85. The zero-order valence-electron chi connectivity index (χ0n) is 5.13. The Morgan fingerprint density at radius 3 is 2.33 bits per heavy atom. The van der Waals surface area contributed by atoms with Crippen molar-refractivity contribution in [2.24, 2.45) is 0 Å². The van der Waals surface area contributed by atoms with Gasteiger partial charge in [-0.05, 0) is 19.1 Å². The molecule has 0 fully saturated rings. The Bertz CT molecular complexity index is 197. The molecule has 0 amide bonds. The topological polar surface area (TPSA) is 56.2 Å². The maximum absolute atomic E-state index is 8.56. The van der Waals surface area contributed by atoms with Crippen molar-refractivity contribution in [3.05, 3.63) is 17.8 Å². The van der Waals surface area contributed by atoms with E-state index in [1.165, 1.54) is 0 Å². The van der Waals surface area contributed by atoms with E-state index >= 15 is 0 Å². The van der Waals surface area contributed by atoms with E-state index in [0.717, 1.165) is 5.69 Å². The Morgan fingerprint density at radius 1 is 1.44 bits per heavy atom. The first-order chi connectivity index (χ1) is 4.20.